The first-order valence-electron chi connectivity index (χ1n) is 12.9. The molecule has 0 saturated carbocycles. The van der Waals surface area contributed by atoms with Gasteiger partial charge >= 0.3 is 0 Å². The third kappa shape index (κ3) is 3.23. The number of aromatic nitrogens is 6. The van der Waals surface area contributed by atoms with E-state index in [1.54, 1.807) is 11.8 Å². The van der Waals surface area contributed by atoms with Gasteiger partial charge in [-0.1, -0.05) is 18.2 Å². The zero-order valence-corrected chi connectivity index (χ0v) is 21.6. The Balaban J connectivity index is 1.32. The van der Waals surface area contributed by atoms with Gasteiger partial charge in [-0.15, -0.1) is 0 Å². The fourth-order valence-electron chi connectivity index (χ4n) is 6.36. The van der Waals surface area contributed by atoms with E-state index in [1.165, 1.54) is 29.5 Å². The minimum Gasteiger partial charge on any atom is -0.467 e. The monoisotopic (exact) mass is 552 g/mol. The maximum Gasteiger partial charge on any atom is 0.243 e. The number of hydrogen-bond donors (Lipinski definition) is 2. The third-order valence-corrected chi connectivity index (χ3v) is 7.92. The molecule has 1 unspecified atom stereocenters. The summed E-state index contributed by atoms with van der Waals surface area (Å²) in [5.41, 5.74) is 3.15. The molecule has 3 aromatic heterocycles. The fourth-order valence-corrected chi connectivity index (χ4v) is 6.36. The van der Waals surface area contributed by atoms with Crippen molar-refractivity contribution >= 4 is 34.5 Å². The van der Waals surface area contributed by atoms with Crippen molar-refractivity contribution in [1.82, 2.24) is 29.7 Å². The van der Waals surface area contributed by atoms with E-state index in [-0.39, 0.29) is 38.2 Å². The molecule has 3 aliphatic heterocycles. The first kappa shape index (κ1) is 23.7. The van der Waals surface area contributed by atoms with Crippen molar-refractivity contribution < 1.29 is 23.5 Å². The van der Waals surface area contributed by atoms with Crippen LogP contribution in [0.25, 0.3) is 17.0 Å². The molecule has 0 saturated heterocycles. The highest BCUT2D eigenvalue weighted by Crippen LogP contribution is 2.54. The average Bonchev–Trinajstić information content (AvgIpc) is 3.64. The van der Waals surface area contributed by atoms with Gasteiger partial charge in [-0.2, -0.15) is 9.78 Å². The summed E-state index contributed by atoms with van der Waals surface area (Å²) < 4.78 is 27.2. The Morgan fingerprint density at radius 2 is 2.02 bits per heavy atom. The van der Waals surface area contributed by atoms with Crippen LogP contribution >= 0.6 is 0 Å². The molecule has 1 atom stereocenters. The number of aryl methyl sites for hydroxylation is 1. The predicted octanol–water partition coefficient (Wildman–Crippen LogP) is 3.03. The first-order chi connectivity index (χ1) is 20.0. The Labute approximate surface area is 231 Å². The molecule has 12 nitrogen and oxygen atoms in total. The number of rotatable bonds is 3. The van der Waals surface area contributed by atoms with E-state index in [0.717, 1.165) is 0 Å². The van der Waals surface area contributed by atoms with Crippen molar-refractivity contribution in [1.29, 1.82) is 0 Å². The second kappa shape index (κ2) is 8.41. The van der Waals surface area contributed by atoms with Crippen molar-refractivity contribution in [3.8, 4) is 11.6 Å². The van der Waals surface area contributed by atoms with Crippen molar-refractivity contribution in [2.24, 2.45) is 0 Å². The molecule has 204 valence electrons. The van der Waals surface area contributed by atoms with Gasteiger partial charge in [0.2, 0.25) is 11.8 Å². The molecule has 13 heteroatoms. The SMILES string of the molecule is Cc1nn(-c2ncnc3nc[nH]c23)c2c1C1(CC(=O)N2)C(=O)N(Cc2cc(F)cc3c2OCOC3)c2ccccc21. The number of nitrogens with zero attached hydrogens (tertiary/aromatic N) is 6. The van der Waals surface area contributed by atoms with E-state index >= 15 is 0 Å². The van der Waals surface area contributed by atoms with E-state index in [0.29, 0.717) is 62.2 Å². The fraction of sp³-hybridized carbons (Fsp3) is 0.214. The molecular formula is C28H21FN8O4. The van der Waals surface area contributed by atoms with Crippen molar-refractivity contribution in [2.45, 2.75) is 31.9 Å². The molecule has 0 fully saturated rings. The summed E-state index contributed by atoms with van der Waals surface area (Å²) in [7, 11) is 0. The highest BCUT2D eigenvalue weighted by molar-refractivity contribution is 6.16. The number of halogens is 1. The van der Waals surface area contributed by atoms with E-state index in [2.05, 4.69) is 25.3 Å². The number of benzene rings is 2. The second-order valence-corrected chi connectivity index (χ2v) is 10.2. The molecule has 3 aliphatic rings. The van der Waals surface area contributed by atoms with Gasteiger partial charge < -0.3 is 24.7 Å². The summed E-state index contributed by atoms with van der Waals surface area (Å²) in [5, 5.41) is 7.67. The number of para-hydroxylation sites is 1. The number of anilines is 2. The van der Waals surface area contributed by atoms with Gasteiger partial charge in [-0.05, 0) is 30.7 Å². The number of carbonyl (C=O) groups is 2. The van der Waals surface area contributed by atoms with Crippen LogP contribution in [-0.4, -0.2) is 48.3 Å². The van der Waals surface area contributed by atoms with Gasteiger partial charge in [-0.25, -0.2) is 19.3 Å². The Morgan fingerprint density at radius 1 is 1.15 bits per heavy atom. The zero-order valence-electron chi connectivity index (χ0n) is 21.6. The lowest BCUT2D eigenvalue weighted by molar-refractivity contribution is -0.126. The summed E-state index contributed by atoms with van der Waals surface area (Å²) in [6.07, 6.45) is 2.75. The Hall–Kier alpha value is -5.17. The van der Waals surface area contributed by atoms with Crippen LogP contribution in [0.4, 0.5) is 15.9 Å². The van der Waals surface area contributed by atoms with Gasteiger partial charge in [0.05, 0.1) is 25.2 Å². The molecule has 0 radical (unpaired) electrons. The lowest BCUT2D eigenvalue weighted by Crippen LogP contribution is -2.46. The van der Waals surface area contributed by atoms with Crippen LogP contribution in [-0.2, 0) is 32.9 Å². The molecule has 2 N–H and O–H groups in total. The molecule has 0 bridgehead atoms. The summed E-state index contributed by atoms with van der Waals surface area (Å²) in [6.45, 7) is 2.09. The van der Waals surface area contributed by atoms with E-state index in [1.807, 2.05) is 24.3 Å². The van der Waals surface area contributed by atoms with Gasteiger partial charge in [0.15, 0.2) is 18.3 Å². The highest BCUT2D eigenvalue weighted by atomic mass is 19.1. The number of carbonyl (C=O) groups excluding carboxylic acids is 2. The minimum absolute atomic E-state index is 0.0364. The summed E-state index contributed by atoms with van der Waals surface area (Å²) in [5.74, 6) is 0.132. The van der Waals surface area contributed by atoms with Gasteiger partial charge in [0.25, 0.3) is 0 Å². The minimum atomic E-state index is -1.35. The molecule has 0 aliphatic carbocycles. The molecule has 41 heavy (non-hydrogen) atoms. The van der Waals surface area contributed by atoms with Crippen LogP contribution in [0.5, 0.6) is 5.75 Å². The lowest BCUT2D eigenvalue weighted by Gasteiger charge is -2.33. The third-order valence-electron chi connectivity index (χ3n) is 7.92. The maximum atomic E-state index is 14.7. The van der Waals surface area contributed by atoms with Crippen LogP contribution in [0, 0.1) is 12.7 Å². The Morgan fingerprint density at radius 3 is 2.93 bits per heavy atom. The van der Waals surface area contributed by atoms with Gasteiger partial charge in [0.1, 0.15) is 34.6 Å². The number of nitrogens with one attached hydrogen (secondary N) is 2. The molecule has 8 rings (SSSR count). The topological polar surface area (TPSA) is 140 Å². The average molecular weight is 553 g/mol. The molecular weight excluding hydrogens is 531 g/mol. The number of H-pyrrole nitrogens is 1. The van der Waals surface area contributed by atoms with E-state index < -0.39 is 11.2 Å². The summed E-state index contributed by atoms with van der Waals surface area (Å²) >= 11 is 0. The van der Waals surface area contributed by atoms with E-state index in [4.69, 9.17) is 14.6 Å². The van der Waals surface area contributed by atoms with Crippen molar-refractivity contribution in [3.05, 3.63) is 82.8 Å². The summed E-state index contributed by atoms with van der Waals surface area (Å²) in [4.78, 5) is 45.5. The van der Waals surface area contributed by atoms with Crippen LogP contribution in [0.2, 0.25) is 0 Å². The number of aromatic amines is 1. The number of fused-ring (bicyclic) bond motifs is 6. The molecule has 1 spiro atoms. The number of hydrogen-bond acceptors (Lipinski definition) is 8. The summed E-state index contributed by atoms with van der Waals surface area (Å²) in [6, 6.07) is 10.1. The number of imidazole rings is 1. The van der Waals surface area contributed by atoms with Crippen molar-refractivity contribution in [2.75, 3.05) is 17.0 Å². The van der Waals surface area contributed by atoms with Crippen LogP contribution in [0.3, 0.4) is 0 Å². The normalized spacial score (nSPS) is 19.2. The Bertz CT molecular complexity index is 1930. The highest BCUT2D eigenvalue weighted by Gasteiger charge is 2.58. The molecule has 5 aromatic rings. The first-order valence-corrected chi connectivity index (χ1v) is 12.9. The molecule has 6 heterocycles. The van der Waals surface area contributed by atoms with Crippen LogP contribution in [0.1, 0.15) is 34.4 Å². The Kier molecular flexibility index (Phi) is 4.86. The molecule has 2 aromatic carbocycles. The zero-order chi connectivity index (χ0) is 27.9. The number of amides is 2. The van der Waals surface area contributed by atoms with E-state index in [9.17, 15) is 14.0 Å². The maximum absolute atomic E-state index is 14.7. The molecule has 2 amide bonds. The lowest BCUT2D eigenvalue weighted by atomic mass is 9.70. The van der Waals surface area contributed by atoms with Gasteiger partial charge in [0, 0.05) is 28.8 Å². The number of ether oxygens (including phenoxy) is 2. The van der Waals surface area contributed by atoms with Crippen molar-refractivity contribution in [3.63, 3.8) is 0 Å². The standard InChI is InChI=1S/C28H21FN8O4/c1-14-21-25(37(35-14)26-22-24(31-11-30-22)32-12-33-26)34-20(38)8-28(21)18-4-2-3-5-19(18)36(27(28)39)9-15-6-17(29)7-16-10-40-13-41-23(15)16/h2-7,11-12H,8-10,13H2,1H3,(H,34,38)(H,30,31,32,33). The van der Waals surface area contributed by atoms with Gasteiger partial charge in [-0.3, -0.25) is 9.59 Å². The predicted molar refractivity (Wildman–Crippen MR) is 142 cm³/mol. The van der Waals surface area contributed by atoms with Crippen LogP contribution < -0.4 is 15.0 Å². The quantitative estimate of drug-likeness (QED) is 0.348. The van der Waals surface area contributed by atoms with Crippen LogP contribution in [0.15, 0.2) is 49.1 Å². The smallest absolute Gasteiger partial charge is 0.243 e. The second-order valence-electron chi connectivity index (χ2n) is 10.2. The largest absolute Gasteiger partial charge is 0.467 e.